The van der Waals surface area contributed by atoms with Gasteiger partial charge in [-0.25, -0.2) is 0 Å². The van der Waals surface area contributed by atoms with E-state index in [2.05, 4.69) is 11.1 Å². The standard InChI is InChI=1S/C9H9NO.ClH/c11-9-5-6-10-8-4-2-1-3-7(8)9;/h2,4-6H,1,3H2,(H,10,11);1H. The Morgan fingerprint density at radius 2 is 2.25 bits per heavy atom. The summed E-state index contributed by atoms with van der Waals surface area (Å²) in [6, 6.07) is 1.58. The average Bonchev–Trinajstić information content (AvgIpc) is 2.06. The molecule has 0 aromatic carbocycles. The minimum atomic E-state index is 0. The van der Waals surface area contributed by atoms with Crippen LogP contribution in [0.5, 0.6) is 0 Å². The van der Waals surface area contributed by atoms with E-state index >= 15 is 0 Å². The van der Waals surface area contributed by atoms with Gasteiger partial charge in [-0.3, -0.25) is 4.79 Å². The van der Waals surface area contributed by atoms with E-state index in [0.717, 1.165) is 24.1 Å². The van der Waals surface area contributed by atoms with Crippen molar-refractivity contribution >= 4 is 18.5 Å². The zero-order valence-electron chi connectivity index (χ0n) is 6.54. The summed E-state index contributed by atoms with van der Waals surface area (Å²) in [4.78, 5) is 14.3. The average molecular weight is 184 g/mol. The van der Waals surface area contributed by atoms with Crippen molar-refractivity contribution in [2.45, 2.75) is 12.8 Å². The topological polar surface area (TPSA) is 32.9 Å². The van der Waals surface area contributed by atoms with Crippen LogP contribution >= 0.6 is 12.4 Å². The summed E-state index contributed by atoms with van der Waals surface area (Å²) in [5.41, 5.74) is 2.06. The first-order valence-electron chi connectivity index (χ1n) is 3.75. The first-order valence-corrected chi connectivity index (χ1v) is 3.75. The highest BCUT2D eigenvalue weighted by Gasteiger charge is 2.06. The van der Waals surface area contributed by atoms with Gasteiger partial charge in [0.15, 0.2) is 5.43 Å². The molecule has 12 heavy (non-hydrogen) atoms. The van der Waals surface area contributed by atoms with Crippen molar-refractivity contribution in [3.05, 3.63) is 39.8 Å². The van der Waals surface area contributed by atoms with Crippen molar-refractivity contribution in [3.63, 3.8) is 0 Å². The van der Waals surface area contributed by atoms with Crippen LogP contribution in [0.2, 0.25) is 0 Å². The Morgan fingerprint density at radius 3 is 3.00 bits per heavy atom. The van der Waals surface area contributed by atoms with E-state index in [1.54, 1.807) is 12.3 Å². The fraction of sp³-hybridized carbons (Fsp3) is 0.222. The molecule has 1 aliphatic carbocycles. The van der Waals surface area contributed by atoms with Gasteiger partial charge in [0.1, 0.15) is 0 Å². The monoisotopic (exact) mass is 183 g/mol. The third-order valence-corrected chi connectivity index (χ3v) is 1.94. The van der Waals surface area contributed by atoms with Crippen LogP contribution in [0.4, 0.5) is 0 Å². The Morgan fingerprint density at radius 1 is 1.42 bits per heavy atom. The lowest BCUT2D eigenvalue weighted by Gasteiger charge is -2.07. The number of aromatic nitrogens is 1. The zero-order chi connectivity index (χ0) is 7.68. The lowest BCUT2D eigenvalue weighted by atomic mass is 10.0. The number of H-pyrrole nitrogens is 1. The molecule has 2 rings (SSSR count). The molecule has 0 fully saturated rings. The molecule has 3 heteroatoms. The number of halogens is 1. The second kappa shape index (κ2) is 3.59. The first-order chi connectivity index (χ1) is 5.38. The maximum absolute atomic E-state index is 11.2. The van der Waals surface area contributed by atoms with Crippen molar-refractivity contribution in [1.82, 2.24) is 4.98 Å². The van der Waals surface area contributed by atoms with Crippen LogP contribution in [-0.4, -0.2) is 4.98 Å². The number of rotatable bonds is 0. The summed E-state index contributed by atoms with van der Waals surface area (Å²) >= 11 is 0. The molecule has 1 heterocycles. The van der Waals surface area contributed by atoms with E-state index in [1.807, 2.05) is 6.08 Å². The number of aromatic amines is 1. The number of hydrogen-bond donors (Lipinski definition) is 1. The molecular formula is C9H10ClNO. The number of allylic oxidation sites excluding steroid dienone is 1. The van der Waals surface area contributed by atoms with Crippen LogP contribution in [0, 0.1) is 0 Å². The number of nitrogens with one attached hydrogen (secondary N) is 1. The maximum Gasteiger partial charge on any atom is 0.185 e. The van der Waals surface area contributed by atoms with Crippen molar-refractivity contribution in [2.24, 2.45) is 0 Å². The van der Waals surface area contributed by atoms with Gasteiger partial charge in [0, 0.05) is 23.5 Å². The molecule has 0 saturated carbocycles. The molecule has 0 aliphatic heterocycles. The van der Waals surface area contributed by atoms with Crippen molar-refractivity contribution in [1.29, 1.82) is 0 Å². The molecule has 1 N–H and O–H groups in total. The van der Waals surface area contributed by atoms with Gasteiger partial charge in [0.05, 0.1) is 0 Å². The Bertz CT molecular complexity index is 354. The highest BCUT2D eigenvalue weighted by Crippen LogP contribution is 2.11. The Kier molecular flexibility index (Phi) is 2.71. The summed E-state index contributed by atoms with van der Waals surface area (Å²) in [5.74, 6) is 0. The van der Waals surface area contributed by atoms with Gasteiger partial charge in [0.25, 0.3) is 0 Å². The Balaban J connectivity index is 0.000000720. The smallest absolute Gasteiger partial charge is 0.185 e. The number of pyridine rings is 1. The molecule has 0 saturated heterocycles. The van der Waals surface area contributed by atoms with Crippen molar-refractivity contribution in [2.75, 3.05) is 0 Å². The Hall–Kier alpha value is -1.02. The molecular weight excluding hydrogens is 174 g/mol. The summed E-state index contributed by atoms with van der Waals surface area (Å²) in [5, 5.41) is 0. The molecule has 0 spiro atoms. The zero-order valence-corrected chi connectivity index (χ0v) is 7.36. The van der Waals surface area contributed by atoms with Gasteiger partial charge >= 0.3 is 0 Å². The fourth-order valence-electron chi connectivity index (χ4n) is 1.36. The normalized spacial score (nSPS) is 13.3. The molecule has 0 unspecified atom stereocenters. The molecule has 0 amide bonds. The van der Waals surface area contributed by atoms with Crippen LogP contribution in [0.25, 0.3) is 6.08 Å². The highest BCUT2D eigenvalue weighted by molar-refractivity contribution is 5.85. The molecule has 2 nitrogen and oxygen atoms in total. The van der Waals surface area contributed by atoms with Gasteiger partial charge in [-0.15, -0.1) is 12.4 Å². The van der Waals surface area contributed by atoms with Crippen LogP contribution in [-0.2, 0) is 6.42 Å². The van der Waals surface area contributed by atoms with E-state index in [9.17, 15) is 4.79 Å². The molecule has 1 aromatic rings. The second-order valence-electron chi connectivity index (χ2n) is 2.68. The van der Waals surface area contributed by atoms with E-state index in [0.29, 0.717) is 0 Å². The third kappa shape index (κ3) is 1.43. The third-order valence-electron chi connectivity index (χ3n) is 1.94. The van der Waals surface area contributed by atoms with Gasteiger partial charge in [-0.05, 0) is 18.9 Å². The first kappa shape index (κ1) is 9.07. The SMILES string of the molecule is Cl.O=c1cc[nH]c2c1CCC=C2. The van der Waals surface area contributed by atoms with Gasteiger partial charge in [-0.1, -0.05) is 6.08 Å². The minimum Gasteiger partial charge on any atom is -0.361 e. The van der Waals surface area contributed by atoms with E-state index in [4.69, 9.17) is 0 Å². The molecule has 0 atom stereocenters. The fourth-order valence-corrected chi connectivity index (χ4v) is 1.36. The summed E-state index contributed by atoms with van der Waals surface area (Å²) in [6.45, 7) is 0. The largest absolute Gasteiger partial charge is 0.361 e. The number of fused-ring (bicyclic) bond motifs is 1. The quantitative estimate of drug-likeness (QED) is 0.653. The Labute approximate surface area is 76.7 Å². The van der Waals surface area contributed by atoms with Crippen LogP contribution < -0.4 is 5.43 Å². The van der Waals surface area contributed by atoms with E-state index in [-0.39, 0.29) is 17.8 Å². The molecule has 0 radical (unpaired) electrons. The molecule has 0 bridgehead atoms. The summed E-state index contributed by atoms with van der Waals surface area (Å²) in [6.07, 6.45) is 7.61. The lowest BCUT2D eigenvalue weighted by molar-refractivity contribution is 0.951. The number of hydrogen-bond acceptors (Lipinski definition) is 1. The predicted molar refractivity (Wildman–Crippen MR) is 51.7 cm³/mol. The van der Waals surface area contributed by atoms with Gasteiger partial charge < -0.3 is 4.98 Å². The lowest BCUT2D eigenvalue weighted by Crippen LogP contribution is -2.12. The van der Waals surface area contributed by atoms with Crippen LogP contribution in [0.3, 0.4) is 0 Å². The van der Waals surface area contributed by atoms with E-state index in [1.165, 1.54) is 0 Å². The predicted octanol–water partition coefficient (Wildman–Crippen LogP) is 1.76. The van der Waals surface area contributed by atoms with Crippen LogP contribution in [0.1, 0.15) is 17.7 Å². The van der Waals surface area contributed by atoms with Gasteiger partial charge in [0.2, 0.25) is 0 Å². The minimum absolute atomic E-state index is 0. The molecule has 1 aliphatic rings. The summed E-state index contributed by atoms with van der Waals surface area (Å²) < 4.78 is 0. The van der Waals surface area contributed by atoms with Crippen molar-refractivity contribution < 1.29 is 0 Å². The van der Waals surface area contributed by atoms with E-state index < -0.39 is 0 Å². The van der Waals surface area contributed by atoms with Crippen LogP contribution in [0.15, 0.2) is 23.1 Å². The molecule has 64 valence electrons. The summed E-state index contributed by atoms with van der Waals surface area (Å²) in [7, 11) is 0. The highest BCUT2D eigenvalue weighted by atomic mass is 35.5. The maximum atomic E-state index is 11.2. The van der Waals surface area contributed by atoms with Gasteiger partial charge in [-0.2, -0.15) is 0 Å². The second-order valence-corrected chi connectivity index (χ2v) is 2.68. The van der Waals surface area contributed by atoms with Crippen molar-refractivity contribution in [3.8, 4) is 0 Å². The molecule has 1 aromatic heterocycles.